The van der Waals surface area contributed by atoms with Crippen LogP contribution in [0.25, 0.3) is 0 Å². The minimum atomic E-state index is -0.850. The van der Waals surface area contributed by atoms with Gasteiger partial charge in [-0.3, -0.25) is 4.79 Å². The zero-order chi connectivity index (χ0) is 13.8. The normalized spacial score (nSPS) is 11.3. The molecule has 100 valence electrons. The molecule has 1 rings (SSSR count). The van der Waals surface area contributed by atoms with E-state index in [4.69, 9.17) is 10.5 Å². The molecule has 0 unspecified atom stereocenters. The molecule has 1 aromatic carbocycles. The van der Waals surface area contributed by atoms with Gasteiger partial charge in [0.25, 0.3) is 5.91 Å². The number of hydrogen-bond acceptors (Lipinski definition) is 3. The Morgan fingerprint density at radius 2 is 2.00 bits per heavy atom. The van der Waals surface area contributed by atoms with Gasteiger partial charge in [0, 0.05) is 13.7 Å². The van der Waals surface area contributed by atoms with Crippen molar-refractivity contribution in [2.45, 2.75) is 32.8 Å². The lowest BCUT2D eigenvalue weighted by atomic mass is 10.1. The van der Waals surface area contributed by atoms with E-state index in [1.165, 1.54) is 7.11 Å². The molecule has 0 radical (unpaired) electrons. The van der Waals surface area contributed by atoms with Gasteiger partial charge in [0.2, 0.25) is 0 Å². The van der Waals surface area contributed by atoms with Crippen molar-refractivity contribution in [1.82, 2.24) is 0 Å². The van der Waals surface area contributed by atoms with Crippen LogP contribution in [-0.4, -0.2) is 25.2 Å². The van der Waals surface area contributed by atoms with Crippen LogP contribution in [-0.2, 0) is 9.53 Å². The molecule has 0 fully saturated rings. The van der Waals surface area contributed by atoms with Crippen LogP contribution in [0.3, 0.4) is 0 Å². The molecule has 0 aliphatic rings. The van der Waals surface area contributed by atoms with E-state index >= 15 is 0 Å². The first-order valence-electron chi connectivity index (χ1n) is 6.15. The summed E-state index contributed by atoms with van der Waals surface area (Å²) in [4.78, 5) is 14.2. The van der Waals surface area contributed by atoms with Crippen molar-refractivity contribution in [3.63, 3.8) is 0 Å². The number of carbonyl (C=O) groups is 1. The van der Waals surface area contributed by atoms with Crippen LogP contribution >= 0.6 is 0 Å². The summed E-state index contributed by atoms with van der Waals surface area (Å²) < 4.78 is 5.26. The zero-order valence-corrected chi connectivity index (χ0v) is 11.6. The second-order valence-corrected chi connectivity index (χ2v) is 4.73. The largest absolute Gasteiger partial charge is 0.397 e. The Morgan fingerprint density at radius 3 is 2.50 bits per heavy atom. The van der Waals surface area contributed by atoms with Crippen molar-refractivity contribution >= 4 is 17.3 Å². The number of methoxy groups -OCH3 is 1. The molecule has 4 nitrogen and oxygen atoms in total. The highest BCUT2D eigenvalue weighted by atomic mass is 16.5. The summed E-state index contributed by atoms with van der Waals surface area (Å²) in [6, 6.07) is 7.38. The standard InChI is InChI=1S/C14H22N2O2/c1-5-10-16(13(17)14(2,3)18-4)12-9-7-6-8-11(12)15/h6-9H,5,10,15H2,1-4H3. The molecule has 4 heteroatoms. The number of para-hydroxylation sites is 2. The second-order valence-electron chi connectivity index (χ2n) is 4.73. The van der Waals surface area contributed by atoms with Crippen molar-refractivity contribution in [3.05, 3.63) is 24.3 Å². The van der Waals surface area contributed by atoms with Gasteiger partial charge in [-0.1, -0.05) is 19.1 Å². The minimum absolute atomic E-state index is 0.0789. The summed E-state index contributed by atoms with van der Waals surface area (Å²) in [7, 11) is 1.54. The third-order valence-electron chi connectivity index (χ3n) is 2.95. The zero-order valence-electron chi connectivity index (χ0n) is 11.6. The molecule has 1 amide bonds. The summed E-state index contributed by atoms with van der Waals surface area (Å²) >= 11 is 0. The molecule has 0 atom stereocenters. The summed E-state index contributed by atoms with van der Waals surface area (Å²) in [5.74, 6) is -0.0789. The lowest BCUT2D eigenvalue weighted by Crippen LogP contribution is -2.47. The summed E-state index contributed by atoms with van der Waals surface area (Å²) in [5, 5.41) is 0. The predicted molar refractivity (Wildman–Crippen MR) is 74.6 cm³/mol. The van der Waals surface area contributed by atoms with Crippen molar-refractivity contribution in [1.29, 1.82) is 0 Å². The fourth-order valence-electron chi connectivity index (χ4n) is 1.70. The van der Waals surface area contributed by atoms with E-state index in [-0.39, 0.29) is 5.91 Å². The van der Waals surface area contributed by atoms with Crippen molar-refractivity contribution < 1.29 is 9.53 Å². The number of anilines is 2. The highest BCUT2D eigenvalue weighted by Gasteiger charge is 2.32. The first kappa shape index (κ1) is 14.5. The number of nitrogens with two attached hydrogens (primary N) is 1. The van der Waals surface area contributed by atoms with Crippen molar-refractivity contribution in [2.24, 2.45) is 0 Å². The minimum Gasteiger partial charge on any atom is -0.397 e. The van der Waals surface area contributed by atoms with Gasteiger partial charge in [-0.05, 0) is 32.4 Å². The lowest BCUT2D eigenvalue weighted by Gasteiger charge is -2.31. The van der Waals surface area contributed by atoms with E-state index < -0.39 is 5.60 Å². The summed E-state index contributed by atoms with van der Waals surface area (Å²) in [5.41, 5.74) is 6.44. The molecule has 0 bridgehead atoms. The summed E-state index contributed by atoms with van der Waals surface area (Å²) in [6.07, 6.45) is 0.861. The first-order valence-corrected chi connectivity index (χ1v) is 6.15. The van der Waals surface area contributed by atoms with E-state index in [1.54, 1.807) is 24.8 Å². The van der Waals surface area contributed by atoms with Crippen molar-refractivity contribution in [2.75, 3.05) is 24.3 Å². The maximum atomic E-state index is 12.5. The monoisotopic (exact) mass is 250 g/mol. The number of ether oxygens (including phenoxy) is 1. The molecular weight excluding hydrogens is 228 g/mol. The molecule has 0 aliphatic carbocycles. The smallest absolute Gasteiger partial charge is 0.258 e. The number of rotatable bonds is 5. The Balaban J connectivity index is 3.11. The average molecular weight is 250 g/mol. The van der Waals surface area contributed by atoms with Gasteiger partial charge in [0.15, 0.2) is 0 Å². The van der Waals surface area contributed by atoms with E-state index in [2.05, 4.69) is 0 Å². The van der Waals surface area contributed by atoms with Crippen LogP contribution in [0.5, 0.6) is 0 Å². The van der Waals surface area contributed by atoms with E-state index in [9.17, 15) is 4.79 Å². The average Bonchev–Trinajstić information content (AvgIpc) is 2.36. The fraction of sp³-hybridized carbons (Fsp3) is 0.500. The van der Waals surface area contributed by atoms with Gasteiger partial charge in [-0.15, -0.1) is 0 Å². The lowest BCUT2D eigenvalue weighted by molar-refractivity contribution is -0.136. The van der Waals surface area contributed by atoms with Crippen LogP contribution in [0.15, 0.2) is 24.3 Å². The molecular formula is C14H22N2O2. The Labute approximate surface area is 109 Å². The fourth-order valence-corrected chi connectivity index (χ4v) is 1.70. The highest BCUT2D eigenvalue weighted by molar-refractivity contribution is 6.01. The van der Waals surface area contributed by atoms with Gasteiger partial charge in [0.1, 0.15) is 5.60 Å². The quantitative estimate of drug-likeness (QED) is 0.817. The first-order chi connectivity index (χ1) is 8.44. The number of hydrogen-bond donors (Lipinski definition) is 1. The summed E-state index contributed by atoms with van der Waals surface area (Å²) in [6.45, 7) is 6.17. The van der Waals surface area contributed by atoms with Crippen LogP contribution in [0.2, 0.25) is 0 Å². The Hall–Kier alpha value is -1.55. The van der Waals surface area contributed by atoms with E-state index in [0.717, 1.165) is 12.1 Å². The number of nitrogens with zero attached hydrogens (tertiary/aromatic N) is 1. The molecule has 1 aromatic rings. The number of carbonyl (C=O) groups excluding carboxylic acids is 1. The molecule has 2 N–H and O–H groups in total. The van der Waals surface area contributed by atoms with E-state index in [0.29, 0.717) is 12.2 Å². The molecule has 0 spiro atoms. The van der Waals surface area contributed by atoms with E-state index in [1.807, 2.05) is 25.1 Å². The highest BCUT2D eigenvalue weighted by Crippen LogP contribution is 2.26. The number of amides is 1. The maximum Gasteiger partial charge on any atom is 0.258 e. The van der Waals surface area contributed by atoms with Gasteiger partial charge in [0.05, 0.1) is 11.4 Å². The van der Waals surface area contributed by atoms with Gasteiger partial charge >= 0.3 is 0 Å². The van der Waals surface area contributed by atoms with Crippen molar-refractivity contribution in [3.8, 4) is 0 Å². The topological polar surface area (TPSA) is 55.6 Å². The molecule has 0 aromatic heterocycles. The third kappa shape index (κ3) is 3.01. The Kier molecular flexibility index (Phi) is 4.73. The van der Waals surface area contributed by atoms with Gasteiger partial charge < -0.3 is 15.4 Å². The van der Waals surface area contributed by atoms with Gasteiger partial charge in [-0.25, -0.2) is 0 Å². The van der Waals surface area contributed by atoms with Crippen LogP contribution in [0.1, 0.15) is 27.2 Å². The van der Waals surface area contributed by atoms with Gasteiger partial charge in [-0.2, -0.15) is 0 Å². The SMILES string of the molecule is CCCN(C(=O)C(C)(C)OC)c1ccccc1N. The number of nitrogen functional groups attached to an aromatic ring is 1. The number of benzene rings is 1. The van der Waals surface area contributed by atoms with Crippen LogP contribution in [0.4, 0.5) is 11.4 Å². The third-order valence-corrected chi connectivity index (χ3v) is 2.95. The molecule has 0 saturated carbocycles. The molecule has 0 saturated heterocycles. The second kappa shape index (κ2) is 5.87. The maximum absolute atomic E-state index is 12.5. The molecule has 18 heavy (non-hydrogen) atoms. The Morgan fingerprint density at radius 1 is 1.39 bits per heavy atom. The van der Waals surface area contributed by atoms with Crippen LogP contribution in [0, 0.1) is 0 Å². The molecule has 0 aliphatic heterocycles. The van der Waals surface area contributed by atoms with Crippen LogP contribution < -0.4 is 10.6 Å². The Bertz CT molecular complexity index is 416. The predicted octanol–water partition coefficient (Wildman–Crippen LogP) is 2.44. The molecule has 0 heterocycles.